The Morgan fingerprint density at radius 3 is 2.82 bits per heavy atom. The van der Waals surface area contributed by atoms with Gasteiger partial charge >= 0.3 is 0 Å². The molecule has 0 radical (unpaired) electrons. The number of aryl methyl sites for hydroxylation is 2. The SMILES string of the molecule is CCNC(=NCc1c(CC)noc1CC)NCCc1c[nH]c2ccc(F)cc12. The van der Waals surface area contributed by atoms with E-state index in [1.54, 1.807) is 12.1 Å². The minimum atomic E-state index is -0.219. The van der Waals surface area contributed by atoms with Crippen LogP contribution >= 0.6 is 0 Å². The smallest absolute Gasteiger partial charge is 0.191 e. The van der Waals surface area contributed by atoms with Gasteiger partial charge in [0, 0.05) is 42.2 Å². The largest absolute Gasteiger partial charge is 0.361 e. The zero-order valence-electron chi connectivity index (χ0n) is 16.7. The third-order valence-corrected chi connectivity index (χ3v) is 4.76. The molecule has 28 heavy (non-hydrogen) atoms. The molecule has 1 aromatic carbocycles. The minimum absolute atomic E-state index is 0.219. The molecule has 0 unspecified atom stereocenters. The molecule has 0 bridgehead atoms. The fourth-order valence-corrected chi connectivity index (χ4v) is 3.29. The maximum absolute atomic E-state index is 13.5. The lowest BCUT2D eigenvalue weighted by Gasteiger charge is -2.11. The Morgan fingerprint density at radius 2 is 2.07 bits per heavy atom. The van der Waals surface area contributed by atoms with Crippen LogP contribution in [0, 0.1) is 5.82 Å². The number of benzene rings is 1. The van der Waals surface area contributed by atoms with Gasteiger partial charge in [0.05, 0.1) is 12.2 Å². The first-order valence-electron chi connectivity index (χ1n) is 9.90. The molecule has 150 valence electrons. The number of nitrogens with one attached hydrogen (secondary N) is 3. The van der Waals surface area contributed by atoms with Crippen LogP contribution in [0.5, 0.6) is 0 Å². The highest BCUT2D eigenvalue weighted by atomic mass is 19.1. The van der Waals surface area contributed by atoms with Gasteiger partial charge < -0.3 is 20.1 Å². The van der Waals surface area contributed by atoms with Crippen molar-refractivity contribution in [1.82, 2.24) is 20.8 Å². The zero-order chi connectivity index (χ0) is 19.9. The minimum Gasteiger partial charge on any atom is -0.361 e. The molecule has 6 nitrogen and oxygen atoms in total. The normalized spacial score (nSPS) is 11.9. The van der Waals surface area contributed by atoms with E-state index in [0.29, 0.717) is 13.1 Å². The standard InChI is InChI=1S/C21H28FN5O/c1-4-18-17(20(5-2)28-27-18)13-26-21(23-6-3)24-10-9-14-12-25-19-8-7-15(22)11-16(14)19/h7-8,11-12,25H,4-6,9-10,13H2,1-3H3,(H2,23,24,26). The molecular formula is C21H28FN5O. The van der Waals surface area contributed by atoms with Crippen molar-refractivity contribution >= 4 is 16.9 Å². The summed E-state index contributed by atoms with van der Waals surface area (Å²) < 4.78 is 18.9. The van der Waals surface area contributed by atoms with Crippen molar-refractivity contribution in [3.05, 3.63) is 52.8 Å². The average Bonchev–Trinajstić information content (AvgIpc) is 3.29. The summed E-state index contributed by atoms with van der Waals surface area (Å²) >= 11 is 0. The van der Waals surface area contributed by atoms with Gasteiger partial charge in [-0.1, -0.05) is 19.0 Å². The summed E-state index contributed by atoms with van der Waals surface area (Å²) in [6.45, 7) is 8.16. The maximum atomic E-state index is 13.5. The Balaban J connectivity index is 1.65. The van der Waals surface area contributed by atoms with Crippen LogP contribution < -0.4 is 10.6 Å². The molecule has 0 fully saturated rings. The number of aromatic amines is 1. The van der Waals surface area contributed by atoms with Crippen molar-refractivity contribution in [2.24, 2.45) is 4.99 Å². The fraction of sp³-hybridized carbons (Fsp3) is 0.429. The van der Waals surface area contributed by atoms with Crippen LogP contribution in [0.25, 0.3) is 10.9 Å². The lowest BCUT2D eigenvalue weighted by atomic mass is 10.1. The second-order valence-corrected chi connectivity index (χ2v) is 6.61. The lowest BCUT2D eigenvalue weighted by Crippen LogP contribution is -2.38. The third kappa shape index (κ3) is 4.52. The summed E-state index contributed by atoms with van der Waals surface area (Å²) in [7, 11) is 0. The predicted molar refractivity (Wildman–Crippen MR) is 110 cm³/mol. The van der Waals surface area contributed by atoms with Crippen molar-refractivity contribution in [2.75, 3.05) is 13.1 Å². The van der Waals surface area contributed by atoms with Gasteiger partial charge in [0.1, 0.15) is 11.6 Å². The second kappa shape index (κ2) is 9.39. The van der Waals surface area contributed by atoms with Crippen molar-refractivity contribution < 1.29 is 8.91 Å². The quantitative estimate of drug-likeness (QED) is 0.408. The van der Waals surface area contributed by atoms with E-state index in [2.05, 4.69) is 34.6 Å². The van der Waals surface area contributed by atoms with E-state index in [4.69, 9.17) is 9.52 Å². The van der Waals surface area contributed by atoms with E-state index < -0.39 is 0 Å². The van der Waals surface area contributed by atoms with Gasteiger partial charge in [0.2, 0.25) is 0 Å². The number of guanidine groups is 1. The van der Waals surface area contributed by atoms with Crippen molar-refractivity contribution in [3.8, 4) is 0 Å². The monoisotopic (exact) mass is 385 g/mol. The van der Waals surface area contributed by atoms with Crippen LogP contribution in [-0.2, 0) is 25.8 Å². The molecule has 0 aliphatic heterocycles. The van der Waals surface area contributed by atoms with Crippen LogP contribution in [0.2, 0.25) is 0 Å². The summed E-state index contributed by atoms with van der Waals surface area (Å²) in [5.74, 6) is 1.43. The molecule has 3 aromatic rings. The molecule has 0 aliphatic rings. The number of aromatic nitrogens is 2. The molecule has 0 amide bonds. The highest BCUT2D eigenvalue weighted by Gasteiger charge is 2.13. The van der Waals surface area contributed by atoms with Gasteiger partial charge in [-0.05, 0) is 43.5 Å². The number of fused-ring (bicyclic) bond motifs is 1. The molecule has 0 spiro atoms. The van der Waals surface area contributed by atoms with Crippen LogP contribution in [0.3, 0.4) is 0 Å². The van der Waals surface area contributed by atoms with E-state index in [1.165, 1.54) is 6.07 Å². The molecule has 3 N–H and O–H groups in total. The first-order chi connectivity index (χ1) is 13.7. The third-order valence-electron chi connectivity index (χ3n) is 4.76. The summed E-state index contributed by atoms with van der Waals surface area (Å²) in [6, 6.07) is 4.81. The summed E-state index contributed by atoms with van der Waals surface area (Å²) in [4.78, 5) is 7.89. The molecule has 3 rings (SSSR count). The molecule has 0 aliphatic carbocycles. The topological polar surface area (TPSA) is 78.2 Å². The number of hydrogen-bond acceptors (Lipinski definition) is 3. The first-order valence-corrected chi connectivity index (χ1v) is 9.90. The maximum Gasteiger partial charge on any atom is 0.191 e. The molecule has 0 saturated heterocycles. The highest BCUT2D eigenvalue weighted by molar-refractivity contribution is 5.83. The van der Waals surface area contributed by atoms with Gasteiger partial charge in [-0.25, -0.2) is 9.38 Å². The molecule has 0 saturated carbocycles. The highest BCUT2D eigenvalue weighted by Crippen LogP contribution is 2.20. The lowest BCUT2D eigenvalue weighted by molar-refractivity contribution is 0.380. The number of hydrogen-bond donors (Lipinski definition) is 3. The molecular weight excluding hydrogens is 357 g/mol. The van der Waals surface area contributed by atoms with Crippen LogP contribution in [-0.4, -0.2) is 29.2 Å². The predicted octanol–water partition coefficient (Wildman–Crippen LogP) is 3.72. The van der Waals surface area contributed by atoms with Crippen molar-refractivity contribution in [3.63, 3.8) is 0 Å². The van der Waals surface area contributed by atoms with Crippen molar-refractivity contribution in [2.45, 2.75) is 46.6 Å². The Bertz CT molecular complexity index is 922. The number of rotatable bonds is 8. The average molecular weight is 385 g/mol. The number of nitrogens with zero attached hydrogens (tertiary/aromatic N) is 2. The number of halogens is 1. The number of aliphatic imine (C=N–C) groups is 1. The van der Waals surface area contributed by atoms with Crippen LogP contribution in [0.1, 0.15) is 43.4 Å². The molecule has 2 aromatic heterocycles. The molecule has 2 heterocycles. The second-order valence-electron chi connectivity index (χ2n) is 6.61. The van der Waals surface area contributed by atoms with Crippen LogP contribution in [0.15, 0.2) is 33.9 Å². The van der Waals surface area contributed by atoms with E-state index in [-0.39, 0.29) is 5.82 Å². The summed E-state index contributed by atoms with van der Waals surface area (Å²) in [6.07, 6.45) is 4.34. The summed E-state index contributed by atoms with van der Waals surface area (Å²) in [5.41, 5.74) is 4.08. The van der Waals surface area contributed by atoms with Gasteiger partial charge in [0.15, 0.2) is 5.96 Å². The Hall–Kier alpha value is -2.83. The van der Waals surface area contributed by atoms with Gasteiger partial charge in [-0.2, -0.15) is 0 Å². The van der Waals surface area contributed by atoms with Crippen LogP contribution in [0.4, 0.5) is 4.39 Å². The molecule has 0 atom stereocenters. The van der Waals surface area contributed by atoms with Gasteiger partial charge in [0.25, 0.3) is 0 Å². The van der Waals surface area contributed by atoms with Gasteiger partial charge in [-0.15, -0.1) is 0 Å². The summed E-state index contributed by atoms with van der Waals surface area (Å²) in [5, 5.41) is 11.7. The fourth-order valence-electron chi connectivity index (χ4n) is 3.29. The first kappa shape index (κ1) is 19.9. The van der Waals surface area contributed by atoms with E-state index in [9.17, 15) is 4.39 Å². The number of H-pyrrole nitrogens is 1. The van der Waals surface area contributed by atoms with Crippen molar-refractivity contribution in [1.29, 1.82) is 0 Å². The van der Waals surface area contributed by atoms with E-state index >= 15 is 0 Å². The Morgan fingerprint density at radius 1 is 1.21 bits per heavy atom. The van der Waals surface area contributed by atoms with Gasteiger partial charge in [-0.3, -0.25) is 0 Å². The zero-order valence-corrected chi connectivity index (χ0v) is 16.7. The Kier molecular flexibility index (Phi) is 6.68. The Labute approximate surface area is 164 Å². The van der Waals surface area contributed by atoms with E-state index in [0.717, 1.165) is 65.3 Å². The van der Waals surface area contributed by atoms with E-state index in [1.807, 2.05) is 13.1 Å². The molecule has 7 heteroatoms.